The van der Waals surface area contributed by atoms with E-state index in [2.05, 4.69) is 19.6 Å². The number of rotatable bonds is 2. The molecule has 0 nitrogen and oxygen atoms in total. The van der Waals surface area contributed by atoms with Crippen LogP contribution in [-0.4, -0.2) is 0 Å². The van der Waals surface area contributed by atoms with Crippen LogP contribution in [0.4, 0.5) is 0 Å². The predicted octanol–water partition coefficient (Wildman–Crippen LogP) is 1.63. The van der Waals surface area contributed by atoms with E-state index >= 15 is 0 Å². The molecule has 0 aromatic rings. The van der Waals surface area contributed by atoms with Gasteiger partial charge in [-0.25, -0.2) is 0 Å². The summed E-state index contributed by atoms with van der Waals surface area (Å²) in [6, 6.07) is 0. The molecule has 0 saturated heterocycles. The van der Waals surface area contributed by atoms with E-state index in [0.717, 1.165) is 0 Å². The standard InChI is InChI=1S/H2IS8/c2-1(3)9(6,7)8(4)5/h2-3H/q-1. The number of hydrogen-bond acceptors (Lipinski definition) is 7. The summed E-state index contributed by atoms with van der Waals surface area (Å²) in [5.41, 5.74) is 0. The minimum atomic E-state index is -1.69. The molecule has 0 radical (unpaired) electrons. The second-order valence-electron chi connectivity index (χ2n) is 0.811. The van der Waals surface area contributed by atoms with Crippen LogP contribution in [0, 0.1) is 0 Å². The van der Waals surface area contributed by atoms with E-state index in [1.807, 2.05) is 0 Å². The van der Waals surface area contributed by atoms with Gasteiger partial charge in [-0.2, -0.15) is 0 Å². The SMILES string of the molecule is S=[S-](=S)S(=S)(=S)I(S)S. The molecule has 0 aliphatic carbocycles. The fourth-order valence-electron chi connectivity index (χ4n) is 0.0460. The van der Waals surface area contributed by atoms with Gasteiger partial charge in [0.05, 0.1) is 0 Å². The molecule has 0 fully saturated rings. The number of halogens is 1. The molecule has 58 valence electrons. The van der Waals surface area contributed by atoms with E-state index < -0.39 is 26.1 Å². The first-order valence-corrected chi connectivity index (χ1v) is 17.4. The Kier molecular flexibility index (Phi) is 6.53. The van der Waals surface area contributed by atoms with E-state index in [0.29, 0.717) is 0 Å². The third-order valence-corrected chi connectivity index (χ3v) is 48.9. The summed E-state index contributed by atoms with van der Waals surface area (Å²) in [6.07, 6.45) is 0. The molecular weight excluding hydrogens is 383 g/mol. The van der Waals surface area contributed by atoms with Crippen LogP contribution in [0.1, 0.15) is 0 Å². The predicted molar refractivity (Wildman–Crippen MR) is 76.2 cm³/mol. The van der Waals surface area contributed by atoms with Gasteiger partial charge in [-0.05, 0) is 0 Å². The van der Waals surface area contributed by atoms with E-state index in [1.165, 1.54) is 0 Å². The van der Waals surface area contributed by atoms with E-state index in [9.17, 15) is 0 Å². The maximum atomic E-state index is 5.01. The fraction of sp³-hybridized carbons (Fsp3) is 0. The van der Waals surface area contributed by atoms with Gasteiger partial charge < -0.3 is 0 Å². The van der Waals surface area contributed by atoms with Crippen LogP contribution in [0.15, 0.2) is 0 Å². The molecule has 0 unspecified atom stereocenters. The van der Waals surface area contributed by atoms with Crippen LogP contribution < -0.4 is 0 Å². The summed E-state index contributed by atoms with van der Waals surface area (Å²) >= 11 is 17.9. The Morgan fingerprint density at radius 3 is 1.56 bits per heavy atom. The number of hydrogen-bond donors (Lipinski definition) is 2. The van der Waals surface area contributed by atoms with Crippen molar-refractivity contribution in [2.24, 2.45) is 0 Å². The summed E-state index contributed by atoms with van der Waals surface area (Å²) in [5, 5.41) is 0. The van der Waals surface area contributed by atoms with Crippen molar-refractivity contribution in [2.45, 2.75) is 0 Å². The zero-order chi connectivity index (χ0) is 7.65. The van der Waals surface area contributed by atoms with E-state index in [1.54, 1.807) is 0 Å². The number of thiol groups is 2. The van der Waals surface area contributed by atoms with Crippen molar-refractivity contribution in [3.05, 3.63) is 0 Å². The van der Waals surface area contributed by atoms with Crippen molar-refractivity contribution < 1.29 is 0 Å². The molecule has 9 heteroatoms. The fourth-order valence-corrected chi connectivity index (χ4v) is 25.0. The Balaban J connectivity index is 4.87. The maximum absolute atomic E-state index is 5.01. The molecule has 0 bridgehead atoms. The second kappa shape index (κ2) is 4.90. The Hall–Kier alpha value is 3.01. The van der Waals surface area contributed by atoms with Crippen LogP contribution in [0.2, 0.25) is 0 Å². The van der Waals surface area contributed by atoms with E-state index in [4.69, 9.17) is 44.8 Å². The normalized spacial score (nSPS) is 13.9. The molecule has 0 spiro atoms. The van der Waals surface area contributed by atoms with Crippen LogP contribution >= 0.6 is 35.3 Å². The Labute approximate surface area is 88.5 Å². The summed E-state index contributed by atoms with van der Waals surface area (Å²) in [4.78, 5) is 0. The van der Waals surface area contributed by atoms with Crippen LogP contribution in [-0.2, 0) is 55.1 Å². The Morgan fingerprint density at radius 1 is 1.22 bits per heavy atom. The topological polar surface area (TPSA) is 0 Å². The molecular formula is H2IS8-. The second-order valence-corrected chi connectivity index (χ2v) is 35.3. The minimum absolute atomic E-state index is 0.660. The first kappa shape index (κ1) is 12.0. The van der Waals surface area contributed by atoms with Gasteiger partial charge in [0.2, 0.25) is 0 Å². The molecule has 0 saturated carbocycles. The average Bonchev–Trinajstić information content (AvgIpc) is 1.65. The zero-order valence-electron chi connectivity index (χ0n) is 3.72. The van der Waals surface area contributed by atoms with Gasteiger partial charge in [0, 0.05) is 0 Å². The summed E-state index contributed by atoms with van der Waals surface area (Å²) in [5.74, 6) is 0. The molecule has 0 aromatic carbocycles. The third kappa shape index (κ3) is 3.97. The third-order valence-electron chi connectivity index (χ3n) is 0.332. The van der Waals surface area contributed by atoms with Gasteiger partial charge >= 0.3 is 90.4 Å². The molecule has 0 aromatic heterocycles. The molecule has 0 atom stereocenters. The van der Waals surface area contributed by atoms with Crippen molar-refractivity contribution in [1.29, 1.82) is 0 Å². The molecule has 0 aliphatic rings. The van der Waals surface area contributed by atoms with Gasteiger partial charge in [0.25, 0.3) is 0 Å². The molecule has 9 heavy (non-hydrogen) atoms. The van der Waals surface area contributed by atoms with Gasteiger partial charge in [0.1, 0.15) is 0 Å². The van der Waals surface area contributed by atoms with Crippen molar-refractivity contribution in [2.75, 3.05) is 0 Å². The monoisotopic (exact) mass is 385 g/mol. The van der Waals surface area contributed by atoms with Gasteiger partial charge in [0.15, 0.2) is 0 Å². The van der Waals surface area contributed by atoms with Gasteiger partial charge in [-0.15, -0.1) is 0 Å². The zero-order valence-corrected chi connectivity index (χ0v) is 12.6. The average molecular weight is 385 g/mol. The van der Waals surface area contributed by atoms with Crippen LogP contribution in [0.5, 0.6) is 0 Å². The Morgan fingerprint density at radius 2 is 1.56 bits per heavy atom. The summed E-state index contributed by atoms with van der Waals surface area (Å²) in [6.45, 7) is 0. The van der Waals surface area contributed by atoms with Gasteiger partial charge in [-0.3, -0.25) is 0 Å². The molecule has 0 N–H and O–H groups in total. The van der Waals surface area contributed by atoms with Crippen molar-refractivity contribution >= 4 is 90.4 Å². The van der Waals surface area contributed by atoms with Crippen molar-refractivity contribution in [3.8, 4) is 0 Å². The van der Waals surface area contributed by atoms with Crippen LogP contribution in [0.25, 0.3) is 0 Å². The summed E-state index contributed by atoms with van der Waals surface area (Å²) < 4.78 is -1.61. The van der Waals surface area contributed by atoms with Crippen molar-refractivity contribution in [3.63, 3.8) is 0 Å². The molecule has 0 aliphatic heterocycles. The van der Waals surface area contributed by atoms with Crippen molar-refractivity contribution in [1.82, 2.24) is 0 Å². The summed E-state index contributed by atoms with van der Waals surface area (Å²) in [7, 11) is 7.62. The Bertz CT molecular complexity index is 228. The van der Waals surface area contributed by atoms with Gasteiger partial charge in [-0.1, -0.05) is 0 Å². The first-order valence-electron chi connectivity index (χ1n) is 1.33. The molecule has 0 amide bonds. The van der Waals surface area contributed by atoms with E-state index in [-0.39, 0.29) is 0 Å². The quantitative estimate of drug-likeness (QED) is 0.244. The van der Waals surface area contributed by atoms with Crippen LogP contribution in [0.3, 0.4) is 0 Å². The first-order chi connectivity index (χ1) is 3.89. The molecule has 0 heterocycles. The molecule has 0 rings (SSSR count).